The molecule has 0 fully saturated rings. The highest BCUT2D eigenvalue weighted by Gasteiger charge is 2.18. The molecule has 0 saturated carbocycles. The van der Waals surface area contributed by atoms with E-state index >= 15 is 0 Å². The van der Waals surface area contributed by atoms with Crippen LogP contribution in [0.4, 0.5) is 0 Å². The fourth-order valence-electron chi connectivity index (χ4n) is 1.45. The van der Waals surface area contributed by atoms with Gasteiger partial charge < -0.3 is 4.90 Å². The first-order valence-corrected chi connectivity index (χ1v) is 7.43. The second-order valence-corrected chi connectivity index (χ2v) is 6.49. The Hall–Kier alpha value is -1.42. The Kier molecular flexibility index (Phi) is 5.06. The standard InChI is InChI=1S/C13H19N3O2S/c1-10-5-6-12(8-14)7-13(10)19(17,18)15-9-11(2)16(3)4/h5-7,11,15H,9H2,1-4H3. The third kappa shape index (κ3) is 4.03. The molecule has 1 atom stereocenters. The number of nitriles is 1. The lowest BCUT2D eigenvalue weighted by atomic mass is 10.2. The molecule has 0 aliphatic rings. The number of rotatable bonds is 5. The molecule has 0 saturated heterocycles. The Bertz CT molecular complexity index is 588. The van der Waals surface area contributed by atoms with E-state index in [4.69, 9.17) is 5.26 Å². The minimum atomic E-state index is -3.58. The van der Waals surface area contributed by atoms with E-state index in [2.05, 4.69) is 4.72 Å². The molecule has 19 heavy (non-hydrogen) atoms. The summed E-state index contributed by atoms with van der Waals surface area (Å²) in [4.78, 5) is 2.10. The third-order valence-corrected chi connectivity index (χ3v) is 4.62. The highest BCUT2D eigenvalue weighted by Crippen LogP contribution is 2.16. The average Bonchev–Trinajstić information content (AvgIpc) is 2.36. The van der Waals surface area contributed by atoms with Gasteiger partial charge in [0.15, 0.2) is 0 Å². The van der Waals surface area contributed by atoms with Gasteiger partial charge in [-0.1, -0.05) is 6.07 Å². The number of aryl methyl sites for hydroxylation is 1. The van der Waals surface area contributed by atoms with Gasteiger partial charge in [0.05, 0.1) is 16.5 Å². The zero-order valence-electron chi connectivity index (χ0n) is 11.6. The predicted octanol–water partition coefficient (Wildman–Crippen LogP) is 1.10. The summed E-state index contributed by atoms with van der Waals surface area (Å²) in [6.07, 6.45) is 0. The molecule has 0 spiro atoms. The Morgan fingerprint density at radius 3 is 2.58 bits per heavy atom. The van der Waals surface area contributed by atoms with Crippen LogP contribution in [-0.2, 0) is 10.0 Å². The van der Waals surface area contributed by atoms with Gasteiger partial charge in [-0.05, 0) is 45.6 Å². The number of hydrogen-bond acceptors (Lipinski definition) is 4. The molecular formula is C13H19N3O2S. The van der Waals surface area contributed by atoms with Crippen molar-refractivity contribution < 1.29 is 8.42 Å². The number of likely N-dealkylation sites (N-methyl/N-ethyl adjacent to an activating group) is 1. The Balaban J connectivity index is 2.98. The zero-order valence-corrected chi connectivity index (χ0v) is 12.5. The molecule has 1 aromatic rings. The molecule has 1 rings (SSSR count). The minimum Gasteiger partial charge on any atom is -0.305 e. The lowest BCUT2D eigenvalue weighted by Crippen LogP contribution is -2.38. The van der Waals surface area contributed by atoms with Crippen LogP contribution in [0.15, 0.2) is 23.1 Å². The van der Waals surface area contributed by atoms with E-state index < -0.39 is 10.0 Å². The molecule has 1 aromatic carbocycles. The molecule has 0 amide bonds. The molecule has 5 nitrogen and oxygen atoms in total. The summed E-state index contributed by atoms with van der Waals surface area (Å²) in [5.41, 5.74) is 0.968. The molecular weight excluding hydrogens is 262 g/mol. The Labute approximate surface area is 114 Å². The molecule has 104 valence electrons. The van der Waals surface area contributed by atoms with Crippen LogP contribution in [0.3, 0.4) is 0 Å². The van der Waals surface area contributed by atoms with Gasteiger partial charge in [0, 0.05) is 12.6 Å². The monoisotopic (exact) mass is 281 g/mol. The topological polar surface area (TPSA) is 73.2 Å². The van der Waals surface area contributed by atoms with Gasteiger partial charge in [-0.25, -0.2) is 13.1 Å². The van der Waals surface area contributed by atoms with Crippen molar-refractivity contribution in [1.82, 2.24) is 9.62 Å². The zero-order chi connectivity index (χ0) is 14.6. The number of benzene rings is 1. The summed E-state index contributed by atoms with van der Waals surface area (Å²) >= 11 is 0. The van der Waals surface area contributed by atoms with E-state index in [1.165, 1.54) is 6.07 Å². The maximum Gasteiger partial charge on any atom is 0.240 e. The van der Waals surface area contributed by atoms with Crippen LogP contribution in [0, 0.1) is 18.3 Å². The van der Waals surface area contributed by atoms with E-state index in [-0.39, 0.29) is 10.9 Å². The fraction of sp³-hybridized carbons (Fsp3) is 0.462. The first kappa shape index (κ1) is 15.6. The van der Waals surface area contributed by atoms with Gasteiger partial charge in [-0.2, -0.15) is 5.26 Å². The van der Waals surface area contributed by atoms with Crippen molar-refractivity contribution in [1.29, 1.82) is 5.26 Å². The van der Waals surface area contributed by atoms with E-state index in [1.807, 2.05) is 32.0 Å². The van der Waals surface area contributed by atoms with Gasteiger partial charge >= 0.3 is 0 Å². The molecule has 6 heteroatoms. The normalized spacial score (nSPS) is 13.3. The first-order valence-electron chi connectivity index (χ1n) is 5.95. The van der Waals surface area contributed by atoms with Gasteiger partial charge in [0.25, 0.3) is 0 Å². The lowest BCUT2D eigenvalue weighted by molar-refractivity contribution is 0.314. The number of nitrogens with zero attached hydrogens (tertiary/aromatic N) is 2. The van der Waals surface area contributed by atoms with Crippen molar-refractivity contribution in [2.75, 3.05) is 20.6 Å². The third-order valence-electron chi connectivity index (χ3n) is 3.06. The molecule has 0 radical (unpaired) electrons. The quantitative estimate of drug-likeness (QED) is 0.877. The van der Waals surface area contributed by atoms with Crippen LogP contribution < -0.4 is 4.72 Å². The molecule has 0 heterocycles. The lowest BCUT2D eigenvalue weighted by Gasteiger charge is -2.20. The van der Waals surface area contributed by atoms with Crippen molar-refractivity contribution in [2.45, 2.75) is 24.8 Å². The van der Waals surface area contributed by atoms with E-state index in [1.54, 1.807) is 19.1 Å². The second-order valence-electron chi connectivity index (χ2n) is 4.76. The molecule has 0 aliphatic heterocycles. The SMILES string of the molecule is Cc1ccc(C#N)cc1S(=O)(=O)NCC(C)N(C)C. The summed E-state index contributed by atoms with van der Waals surface area (Å²) in [7, 11) is 0.199. The maximum atomic E-state index is 12.2. The molecule has 0 aliphatic carbocycles. The van der Waals surface area contributed by atoms with Crippen LogP contribution in [0.1, 0.15) is 18.1 Å². The van der Waals surface area contributed by atoms with Gasteiger partial charge in [-0.3, -0.25) is 0 Å². The van der Waals surface area contributed by atoms with Crippen LogP contribution in [-0.4, -0.2) is 40.0 Å². The van der Waals surface area contributed by atoms with Crippen molar-refractivity contribution in [3.63, 3.8) is 0 Å². The molecule has 0 aromatic heterocycles. The van der Waals surface area contributed by atoms with Crippen LogP contribution in [0.25, 0.3) is 0 Å². The van der Waals surface area contributed by atoms with Crippen molar-refractivity contribution in [3.8, 4) is 6.07 Å². The summed E-state index contributed by atoms with van der Waals surface area (Å²) in [6.45, 7) is 3.97. The largest absolute Gasteiger partial charge is 0.305 e. The second kappa shape index (κ2) is 6.15. The summed E-state index contributed by atoms with van der Waals surface area (Å²) < 4.78 is 27.0. The van der Waals surface area contributed by atoms with Gasteiger partial charge in [0.2, 0.25) is 10.0 Å². The number of hydrogen-bond donors (Lipinski definition) is 1. The van der Waals surface area contributed by atoms with Crippen LogP contribution in [0.5, 0.6) is 0 Å². The molecule has 1 N–H and O–H groups in total. The number of nitrogens with one attached hydrogen (secondary N) is 1. The van der Waals surface area contributed by atoms with E-state index in [9.17, 15) is 8.42 Å². The molecule has 1 unspecified atom stereocenters. The van der Waals surface area contributed by atoms with E-state index in [0.717, 1.165) is 0 Å². The average molecular weight is 281 g/mol. The number of sulfonamides is 1. The predicted molar refractivity (Wildman–Crippen MR) is 74.2 cm³/mol. The van der Waals surface area contributed by atoms with Crippen molar-refractivity contribution >= 4 is 10.0 Å². The Morgan fingerprint density at radius 2 is 2.05 bits per heavy atom. The van der Waals surface area contributed by atoms with Gasteiger partial charge in [0.1, 0.15) is 0 Å². The summed E-state index contributed by atoms with van der Waals surface area (Å²) in [5, 5.41) is 8.84. The highest BCUT2D eigenvalue weighted by molar-refractivity contribution is 7.89. The maximum absolute atomic E-state index is 12.2. The fourth-order valence-corrected chi connectivity index (χ4v) is 2.84. The Morgan fingerprint density at radius 1 is 1.42 bits per heavy atom. The minimum absolute atomic E-state index is 0.0919. The molecule has 0 bridgehead atoms. The van der Waals surface area contributed by atoms with Crippen LogP contribution in [0.2, 0.25) is 0 Å². The smallest absolute Gasteiger partial charge is 0.240 e. The van der Waals surface area contributed by atoms with E-state index in [0.29, 0.717) is 17.7 Å². The first-order chi connectivity index (χ1) is 8.77. The summed E-state index contributed by atoms with van der Waals surface area (Å²) in [6, 6.07) is 6.69. The highest BCUT2D eigenvalue weighted by atomic mass is 32.2. The summed E-state index contributed by atoms with van der Waals surface area (Å²) in [5.74, 6) is 0. The van der Waals surface area contributed by atoms with Gasteiger partial charge in [-0.15, -0.1) is 0 Å². The van der Waals surface area contributed by atoms with Crippen molar-refractivity contribution in [2.24, 2.45) is 0 Å². The van der Waals surface area contributed by atoms with Crippen LogP contribution >= 0.6 is 0 Å². The van der Waals surface area contributed by atoms with Crippen molar-refractivity contribution in [3.05, 3.63) is 29.3 Å².